The number of aromatic nitrogens is 3. The molecule has 1 saturated carbocycles. The lowest BCUT2D eigenvalue weighted by Gasteiger charge is -2.37. The van der Waals surface area contributed by atoms with E-state index < -0.39 is 29.2 Å². The number of nitrogens with zero attached hydrogens (tertiary/aromatic N) is 3. The second-order valence-corrected chi connectivity index (χ2v) is 9.64. The number of aliphatic hydroxyl groups is 1. The molecular weight excluding hydrogens is 450 g/mol. The zero-order valence-corrected chi connectivity index (χ0v) is 19.8. The van der Waals surface area contributed by atoms with Gasteiger partial charge in [-0.1, -0.05) is 31.0 Å². The summed E-state index contributed by atoms with van der Waals surface area (Å²) in [6.45, 7) is 1.85. The summed E-state index contributed by atoms with van der Waals surface area (Å²) >= 11 is 0. The molecule has 2 N–H and O–H groups in total. The lowest BCUT2D eigenvalue weighted by atomic mass is 9.81. The SMILES string of the molecule is Cn1cc(-c2ccc(Cn3cc(C(=O)NC4CCCCC4(C)O)c4c(F)cccc43)c(F)c2)cn1. The molecule has 0 bridgehead atoms. The fraction of sp³-hybridized carbons (Fsp3) is 0.333. The molecule has 2 atom stereocenters. The molecule has 5 rings (SSSR count). The molecule has 35 heavy (non-hydrogen) atoms. The maximum absolute atomic E-state index is 15.0. The molecule has 0 spiro atoms. The maximum atomic E-state index is 15.0. The first-order valence-electron chi connectivity index (χ1n) is 11.8. The standard InChI is InChI=1S/C27H28F2N4O2/c1-27(35)11-4-3-8-24(27)31-26(34)20-16-33(23-7-5-6-21(28)25(20)23)15-18-10-9-17(12-22(18)29)19-13-30-32(2)14-19/h5-7,9-10,12-14,16,24,35H,3-4,8,11,15H2,1-2H3,(H,31,34). The van der Waals surface area contributed by atoms with Crippen LogP contribution >= 0.6 is 0 Å². The van der Waals surface area contributed by atoms with Gasteiger partial charge in [-0.2, -0.15) is 5.10 Å². The van der Waals surface area contributed by atoms with Crippen LogP contribution < -0.4 is 5.32 Å². The summed E-state index contributed by atoms with van der Waals surface area (Å²) in [5.74, 6) is -1.36. The number of rotatable bonds is 5. The van der Waals surface area contributed by atoms with Crippen LogP contribution in [0.3, 0.4) is 0 Å². The molecule has 4 aromatic rings. The van der Waals surface area contributed by atoms with Gasteiger partial charge in [0, 0.05) is 36.0 Å². The minimum absolute atomic E-state index is 0.132. The topological polar surface area (TPSA) is 72.1 Å². The van der Waals surface area contributed by atoms with Crippen LogP contribution in [0.4, 0.5) is 8.78 Å². The number of nitrogens with one attached hydrogen (secondary N) is 1. The van der Waals surface area contributed by atoms with Crippen molar-refractivity contribution in [3.63, 3.8) is 0 Å². The second kappa shape index (κ2) is 8.92. The van der Waals surface area contributed by atoms with Gasteiger partial charge in [-0.15, -0.1) is 0 Å². The quantitative estimate of drug-likeness (QED) is 0.433. The number of halogens is 2. The van der Waals surface area contributed by atoms with E-state index in [1.54, 1.807) is 53.8 Å². The molecular formula is C27H28F2N4O2. The Balaban J connectivity index is 1.47. The number of fused-ring (bicyclic) bond motifs is 1. The minimum atomic E-state index is -1.01. The van der Waals surface area contributed by atoms with Crippen LogP contribution in [0, 0.1) is 11.6 Å². The molecule has 1 aliphatic rings. The van der Waals surface area contributed by atoms with E-state index in [4.69, 9.17) is 0 Å². The monoisotopic (exact) mass is 478 g/mol. The van der Waals surface area contributed by atoms with E-state index in [0.717, 1.165) is 18.4 Å². The highest BCUT2D eigenvalue weighted by atomic mass is 19.1. The summed E-state index contributed by atoms with van der Waals surface area (Å²) in [6.07, 6.45) is 8.12. The molecule has 0 aliphatic heterocycles. The third-order valence-electron chi connectivity index (χ3n) is 7.01. The molecule has 0 saturated heterocycles. The van der Waals surface area contributed by atoms with Gasteiger partial charge in [0.25, 0.3) is 5.91 Å². The first-order valence-corrected chi connectivity index (χ1v) is 11.8. The van der Waals surface area contributed by atoms with Gasteiger partial charge in [0.15, 0.2) is 0 Å². The molecule has 2 unspecified atom stereocenters. The highest BCUT2D eigenvalue weighted by Gasteiger charge is 2.36. The Morgan fingerprint density at radius 3 is 2.71 bits per heavy atom. The van der Waals surface area contributed by atoms with Gasteiger partial charge in [0.05, 0.1) is 35.5 Å². The maximum Gasteiger partial charge on any atom is 0.253 e. The Kier molecular flexibility index (Phi) is 5.92. The average molecular weight is 479 g/mol. The zero-order chi connectivity index (χ0) is 24.7. The highest BCUT2D eigenvalue weighted by molar-refractivity contribution is 6.07. The molecule has 2 aromatic carbocycles. The summed E-state index contributed by atoms with van der Waals surface area (Å²) in [6, 6.07) is 9.16. The molecule has 8 heteroatoms. The zero-order valence-electron chi connectivity index (χ0n) is 19.8. The summed E-state index contributed by atoms with van der Waals surface area (Å²) in [7, 11) is 1.80. The van der Waals surface area contributed by atoms with Crippen LogP contribution in [0.5, 0.6) is 0 Å². The van der Waals surface area contributed by atoms with E-state index in [1.807, 2.05) is 12.3 Å². The van der Waals surface area contributed by atoms with Gasteiger partial charge in [-0.3, -0.25) is 9.48 Å². The van der Waals surface area contributed by atoms with Crippen LogP contribution in [0.25, 0.3) is 22.0 Å². The number of carbonyl (C=O) groups excluding carboxylic acids is 1. The number of aryl methyl sites for hydroxylation is 1. The van der Waals surface area contributed by atoms with Gasteiger partial charge >= 0.3 is 0 Å². The van der Waals surface area contributed by atoms with Crippen molar-refractivity contribution in [2.75, 3.05) is 0 Å². The van der Waals surface area contributed by atoms with Crippen LogP contribution in [-0.2, 0) is 13.6 Å². The molecule has 6 nitrogen and oxygen atoms in total. The van der Waals surface area contributed by atoms with E-state index in [1.165, 1.54) is 12.1 Å². The van der Waals surface area contributed by atoms with Crippen LogP contribution in [0.2, 0.25) is 0 Å². The molecule has 2 heterocycles. The van der Waals surface area contributed by atoms with E-state index >= 15 is 4.39 Å². The summed E-state index contributed by atoms with van der Waals surface area (Å²) in [5, 5.41) is 17.9. The van der Waals surface area contributed by atoms with Gasteiger partial charge in [-0.25, -0.2) is 8.78 Å². The second-order valence-electron chi connectivity index (χ2n) is 9.64. The predicted molar refractivity (Wildman–Crippen MR) is 130 cm³/mol. The normalized spacial score (nSPS) is 20.3. The van der Waals surface area contributed by atoms with Crippen molar-refractivity contribution in [1.82, 2.24) is 19.7 Å². The van der Waals surface area contributed by atoms with Gasteiger partial charge in [0.1, 0.15) is 11.6 Å². The van der Waals surface area contributed by atoms with Gasteiger partial charge in [0.2, 0.25) is 0 Å². The van der Waals surface area contributed by atoms with E-state index in [9.17, 15) is 14.3 Å². The van der Waals surface area contributed by atoms with Crippen molar-refractivity contribution in [2.45, 2.75) is 50.8 Å². The first kappa shape index (κ1) is 23.2. The Hall–Kier alpha value is -3.52. The van der Waals surface area contributed by atoms with E-state index in [0.29, 0.717) is 29.5 Å². The smallest absolute Gasteiger partial charge is 0.253 e. The minimum Gasteiger partial charge on any atom is -0.388 e. The van der Waals surface area contributed by atoms with Gasteiger partial charge < -0.3 is 15.0 Å². The Bertz CT molecular complexity index is 1410. The number of hydrogen-bond donors (Lipinski definition) is 2. The Morgan fingerprint density at radius 1 is 1.17 bits per heavy atom. The molecule has 1 aliphatic carbocycles. The van der Waals surface area contributed by atoms with E-state index in [2.05, 4.69) is 10.4 Å². The fourth-order valence-corrected chi connectivity index (χ4v) is 5.00. The van der Waals surface area contributed by atoms with Crippen LogP contribution in [-0.4, -0.2) is 37.0 Å². The number of carbonyl (C=O) groups is 1. The van der Waals surface area contributed by atoms with Crippen LogP contribution in [0.15, 0.2) is 55.0 Å². The Labute approximate surface area is 202 Å². The molecule has 1 amide bonds. The van der Waals surface area contributed by atoms with Crippen molar-refractivity contribution in [1.29, 1.82) is 0 Å². The average Bonchev–Trinajstić information content (AvgIpc) is 3.41. The van der Waals surface area contributed by atoms with E-state index in [-0.39, 0.29) is 17.5 Å². The highest BCUT2D eigenvalue weighted by Crippen LogP contribution is 2.30. The third kappa shape index (κ3) is 4.46. The van der Waals surface area contributed by atoms with Crippen molar-refractivity contribution in [2.24, 2.45) is 7.05 Å². The predicted octanol–water partition coefficient (Wildman–Crippen LogP) is 4.79. The molecule has 1 fully saturated rings. The van der Waals surface area contributed by atoms with Crippen LogP contribution in [0.1, 0.15) is 48.5 Å². The number of amides is 1. The first-order chi connectivity index (χ1) is 16.7. The van der Waals surface area contributed by atoms with Crippen molar-refractivity contribution in [3.8, 4) is 11.1 Å². The summed E-state index contributed by atoms with van der Waals surface area (Å²) in [4.78, 5) is 13.2. The summed E-state index contributed by atoms with van der Waals surface area (Å²) < 4.78 is 33.3. The summed E-state index contributed by atoms with van der Waals surface area (Å²) in [5.41, 5.74) is 1.60. The lowest BCUT2D eigenvalue weighted by molar-refractivity contribution is -0.00859. The molecule has 182 valence electrons. The number of benzene rings is 2. The lowest BCUT2D eigenvalue weighted by Crippen LogP contribution is -2.52. The number of hydrogen-bond acceptors (Lipinski definition) is 3. The van der Waals surface area contributed by atoms with Gasteiger partial charge in [-0.05, 0) is 43.5 Å². The third-order valence-corrected chi connectivity index (χ3v) is 7.01. The largest absolute Gasteiger partial charge is 0.388 e. The van der Waals surface area contributed by atoms with Crippen molar-refractivity contribution >= 4 is 16.8 Å². The van der Waals surface area contributed by atoms with Crippen molar-refractivity contribution < 1.29 is 18.7 Å². The van der Waals surface area contributed by atoms with Crippen molar-refractivity contribution in [3.05, 3.63) is 77.8 Å². The fourth-order valence-electron chi connectivity index (χ4n) is 5.00. The molecule has 0 radical (unpaired) electrons. The molecule has 2 aromatic heterocycles. The Morgan fingerprint density at radius 2 is 2.00 bits per heavy atom.